The molecule has 5 nitrogen and oxygen atoms in total. The first-order chi connectivity index (χ1) is 14.6. The van der Waals surface area contributed by atoms with Crippen LogP contribution in [-0.2, 0) is 4.74 Å². The van der Waals surface area contributed by atoms with Crippen LogP contribution in [0.2, 0.25) is 0 Å². The van der Waals surface area contributed by atoms with E-state index in [4.69, 9.17) is 4.74 Å². The van der Waals surface area contributed by atoms with Gasteiger partial charge in [0.25, 0.3) is 0 Å². The van der Waals surface area contributed by atoms with E-state index < -0.39 is 5.97 Å². The van der Waals surface area contributed by atoms with Crippen molar-refractivity contribution in [2.24, 2.45) is 4.99 Å². The van der Waals surface area contributed by atoms with Gasteiger partial charge < -0.3 is 9.84 Å². The Hall–Kier alpha value is -3.99. The molecule has 148 valence electrons. The summed E-state index contributed by atoms with van der Waals surface area (Å²) in [4.78, 5) is 29.6. The lowest BCUT2D eigenvalue weighted by atomic mass is 9.99. The van der Waals surface area contributed by atoms with Gasteiger partial charge in [0.15, 0.2) is 5.78 Å². The van der Waals surface area contributed by atoms with Crippen molar-refractivity contribution in [2.45, 2.75) is 6.92 Å². The summed E-state index contributed by atoms with van der Waals surface area (Å²) in [6, 6.07) is 22.8. The molecular weight excluding hydrogens is 378 g/mol. The van der Waals surface area contributed by atoms with Gasteiger partial charge in [-0.3, -0.25) is 4.79 Å². The van der Waals surface area contributed by atoms with Crippen LogP contribution < -0.4 is 0 Å². The van der Waals surface area contributed by atoms with Crippen molar-refractivity contribution in [3.8, 4) is 0 Å². The summed E-state index contributed by atoms with van der Waals surface area (Å²) in [5, 5.41) is 10.8. The van der Waals surface area contributed by atoms with Crippen LogP contribution >= 0.6 is 0 Å². The number of ether oxygens (including phenoxy) is 1. The van der Waals surface area contributed by atoms with Gasteiger partial charge in [-0.2, -0.15) is 0 Å². The third-order valence-electron chi connectivity index (χ3n) is 4.79. The molecule has 30 heavy (non-hydrogen) atoms. The molecule has 0 bridgehead atoms. The third-order valence-corrected chi connectivity index (χ3v) is 4.79. The van der Waals surface area contributed by atoms with Gasteiger partial charge in [-0.25, -0.2) is 9.79 Å². The molecule has 0 radical (unpaired) electrons. The van der Waals surface area contributed by atoms with Crippen LogP contribution in [-0.4, -0.2) is 29.2 Å². The highest BCUT2D eigenvalue weighted by Gasteiger charge is 2.33. The maximum absolute atomic E-state index is 13.1. The van der Waals surface area contributed by atoms with Crippen LogP contribution in [0.1, 0.15) is 38.8 Å². The summed E-state index contributed by atoms with van der Waals surface area (Å²) in [5.74, 6) is -0.756. The molecule has 3 aromatic carbocycles. The number of hydrogen-bond acceptors (Lipinski definition) is 5. The third kappa shape index (κ3) is 3.53. The van der Waals surface area contributed by atoms with Gasteiger partial charge in [0.05, 0.1) is 29.1 Å². The lowest BCUT2D eigenvalue weighted by Crippen LogP contribution is -2.12. The average Bonchev–Trinajstić information content (AvgIpc) is 3.04. The van der Waals surface area contributed by atoms with E-state index in [1.165, 1.54) is 0 Å². The number of ketones is 1. The Kier molecular flexibility index (Phi) is 5.26. The first kappa shape index (κ1) is 19.3. The number of aliphatic imine (C=N–C) groups is 1. The predicted octanol–water partition coefficient (Wildman–Crippen LogP) is 5.15. The number of esters is 1. The van der Waals surface area contributed by atoms with Crippen LogP contribution in [0.3, 0.4) is 0 Å². The van der Waals surface area contributed by atoms with E-state index >= 15 is 0 Å². The number of fused-ring (bicyclic) bond motifs is 1. The quantitative estimate of drug-likeness (QED) is 0.477. The predicted molar refractivity (Wildman–Crippen MR) is 115 cm³/mol. The molecule has 0 fully saturated rings. The fourth-order valence-electron chi connectivity index (χ4n) is 3.36. The van der Waals surface area contributed by atoms with Crippen LogP contribution in [0, 0.1) is 0 Å². The summed E-state index contributed by atoms with van der Waals surface area (Å²) < 4.78 is 5.00. The lowest BCUT2D eigenvalue weighted by Gasteiger charge is -2.09. The lowest BCUT2D eigenvalue weighted by molar-refractivity contribution is 0.0526. The van der Waals surface area contributed by atoms with Crippen molar-refractivity contribution in [2.75, 3.05) is 6.61 Å². The van der Waals surface area contributed by atoms with Crippen LogP contribution in [0.25, 0.3) is 5.76 Å². The zero-order valence-electron chi connectivity index (χ0n) is 16.3. The van der Waals surface area contributed by atoms with Gasteiger partial charge in [-0.05, 0) is 31.2 Å². The van der Waals surface area contributed by atoms with Gasteiger partial charge in [0.1, 0.15) is 5.76 Å². The summed E-state index contributed by atoms with van der Waals surface area (Å²) in [7, 11) is 0. The average molecular weight is 397 g/mol. The highest BCUT2D eigenvalue weighted by molar-refractivity contribution is 6.39. The maximum atomic E-state index is 13.1. The molecule has 1 N–H and O–H groups in total. The van der Waals surface area contributed by atoms with Gasteiger partial charge in [-0.1, -0.05) is 54.6 Å². The minimum absolute atomic E-state index is 0.0821. The molecule has 0 unspecified atom stereocenters. The smallest absolute Gasteiger partial charge is 0.338 e. The summed E-state index contributed by atoms with van der Waals surface area (Å²) >= 11 is 0. The SMILES string of the molecule is CCOC(=O)c1ccc(N=C(C2=C(O)c3ccccc3C2=O)c2ccccc2)cc1. The van der Waals surface area contributed by atoms with Crippen molar-refractivity contribution < 1.29 is 19.4 Å². The fraction of sp³-hybridized carbons (Fsp3) is 0.0800. The minimum Gasteiger partial charge on any atom is -0.506 e. The van der Waals surface area contributed by atoms with Gasteiger partial charge in [-0.15, -0.1) is 0 Å². The molecule has 4 rings (SSSR count). The summed E-state index contributed by atoms with van der Waals surface area (Å²) in [6.07, 6.45) is 0. The number of benzene rings is 3. The Labute approximate surface area is 174 Å². The Morgan fingerprint density at radius 1 is 0.867 bits per heavy atom. The van der Waals surface area contributed by atoms with E-state index in [-0.39, 0.29) is 17.1 Å². The van der Waals surface area contributed by atoms with Crippen molar-refractivity contribution in [1.82, 2.24) is 0 Å². The van der Waals surface area contributed by atoms with E-state index in [1.54, 1.807) is 55.5 Å². The monoisotopic (exact) mass is 397 g/mol. The number of hydrogen-bond donors (Lipinski definition) is 1. The molecule has 0 heterocycles. The maximum Gasteiger partial charge on any atom is 0.338 e. The number of aliphatic hydroxyl groups excluding tert-OH is 1. The molecule has 0 aromatic heterocycles. The van der Waals surface area contributed by atoms with Crippen molar-refractivity contribution in [3.63, 3.8) is 0 Å². The molecule has 0 saturated heterocycles. The first-order valence-electron chi connectivity index (χ1n) is 9.59. The second kappa shape index (κ2) is 8.17. The Balaban J connectivity index is 1.81. The van der Waals surface area contributed by atoms with Gasteiger partial charge >= 0.3 is 5.97 Å². The van der Waals surface area contributed by atoms with Crippen molar-refractivity contribution in [3.05, 3.63) is 107 Å². The zero-order chi connectivity index (χ0) is 21.1. The van der Waals surface area contributed by atoms with E-state index in [1.807, 2.05) is 30.3 Å². The van der Waals surface area contributed by atoms with E-state index in [0.29, 0.717) is 40.3 Å². The minimum atomic E-state index is -0.405. The van der Waals surface area contributed by atoms with Crippen LogP contribution in [0.5, 0.6) is 0 Å². The number of nitrogens with zero attached hydrogens (tertiary/aromatic N) is 1. The standard InChI is InChI=1S/C25H19NO4/c1-2-30-25(29)17-12-14-18(15-13-17)26-22(16-8-4-3-5-9-16)21-23(27)19-10-6-7-11-20(19)24(21)28/h3-15,27H,2H2,1H3. The number of rotatable bonds is 5. The molecule has 3 aromatic rings. The molecule has 0 spiro atoms. The molecule has 1 aliphatic rings. The van der Waals surface area contributed by atoms with E-state index in [0.717, 1.165) is 0 Å². The number of carbonyl (C=O) groups excluding carboxylic acids is 2. The Morgan fingerprint density at radius 3 is 2.13 bits per heavy atom. The largest absolute Gasteiger partial charge is 0.506 e. The molecule has 0 atom stereocenters. The second-order valence-corrected chi connectivity index (χ2v) is 6.69. The molecule has 5 heteroatoms. The molecule has 0 saturated carbocycles. The van der Waals surface area contributed by atoms with Crippen LogP contribution in [0.15, 0.2) is 89.4 Å². The Morgan fingerprint density at radius 2 is 1.50 bits per heavy atom. The highest BCUT2D eigenvalue weighted by atomic mass is 16.5. The molecule has 0 aliphatic heterocycles. The number of aliphatic hydroxyl groups is 1. The van der Waals surface area contributed by atoms with Crippen molar-refractivity contribution >= 4 is 28.9 Å². The topological polar surface area (TPSA) is 76.0 Å². The first-order valence-corrected chi connectivity index (χ1v) is 9.59. The summed E-state index contributed by atoms with van der Waals surface area (Å²) in [5.41, 5.74) is 3.16. The summed E-state index contributed by atoms with van der Waals surface area (Å²) in [6.45, 7) is 2.05. The molecule has 1 aliphatic carbocycles. The molecule has 0 amide bonds. The van der Waals surface area contributed by atoms with Crippen LogP contribution in [0.4, 0.5) is 5.69 Å². The van der Waals surface area contributed by atoms with Gasteiger partial charge in [0, 0.05) is 16.7 Å². The second-order valence-electron chi connectivity index (χ2n) is 6.69. The fourth-order valence-corrected chi connectivity index (χ4v) is 3.36. The normalized spacial score (nSPS) is 13.4. The van der Waals surface area contributed by atoms with E-state index in [2.05, 4.69) is 4.99 Å². The number of allylic oxidation sites excluding steroid dienone is 1. The zero-order valence-corrected chi connectivity index (χ0v) is 16.3. The molecular formula is C25H19NO4. The van der Waals surface area contributed by atoms with E-state index in [9.17, 15) is 14.7 Å². The number of Topliss-reactive ketones (excluding diaryl/α,β-unsaturated/α-hetero) is 1. The highest BCUT2D eigenvalue weighted by Crippen LogP contribution is 2.34. The van der Waals surface area contributed by atoms with Crippen molar-refractivity contribution in [1.29, 1.82) is 0 Å². The number of carbonyl (C=O) groups is 2. The Bertz CT molecular complexity index is 1180. The van der Waals surface area contributed by atoms with Gasteiger partial charge in [0.2, 0.25) is 0 Å².